The summed E-state index contributed by atoms with van der Waals surface area (Å²) in [5, 5.41) is 2.53. The van der Waals surface area contributed by atoms with Gasteiger partial charge in [0.15, 0.2) is 12.4 Å². The molecule has 1 amide bonds. The van der Waals surface area contributed by atoms with E-state index in [0.717, 1.165) is 0 Å². The van der Waals surface area contributed by atoms with E-state index in [9.17, 15) is 22.8 Å². The van der Waals surface area contributed by atoms with E-state index >= 15 is 0 Å². The summed E-state index contributed by atoms with van der Waals surface area (Å²) in [5.74, 6) is -0.564. The summed E-state index contributed by atoms with van der Waals surface area (Å²) in [6.45, 7) is -1.41. The lowest BCUT2D eigenvalue weighted by molar-refractivity contribution is -0.153. The summed E-state index contributed by atoms with van der Waals surface area (Å²) < 4.78 is 41.0. The highest BCUT2D eigenvalue weighted by molar-refractivity contribution is 6.00. The highest BCUT2D eigenvalue weighted by Gasteiger charge is 2.28. The van der Waals surface area contributed by atoms with E-state index in [0.29, 0.717) is 11.3 Å². The van der Waals surface area contributed by atoms with Gasteiger partial charge in [0.05, 0.1) is 0 Å². The van der Waals surface area contributed by atoms with Crippen LogP contribution in [-0.2, 0) is 4.79 Å². The van der Waals surface area contributed by atoms with E-state index in [1.807, 2.05) is 0 Å². The number of anilines is 1. The van der Waals surface area contributed by atoms with Crippen molar-refractivity contribution < 1.29 is 27.5 Å². The first-order valence-corrected chi connectivity index (χ1v) is 7.51. The number of ketones is 1. The summed E-state index contributed by atoms with van der Waals surface area (Å²) in [6, 6.07) is 14.2. The molecule has 0 aliphatic carbocycles. The third-order valence-corrected chi connectivity index (χ3v) is 3.20. The molecule has 0 radical (unpaired) electrons. The largest absolute Gasteiger partial charge is 0.484 e. The molecule has 0 atom stereocenters. The van der Waals surface area contributed by atoms with Gasteiger partial charge in [0, 0.05) is 30.2 Å². The zero-order chi connectivity index (χ0) is 18.3. The molecule has 0 unspecified atom stereocenters. The fourth-order valence-electron chi connectivity index (χ4n) is 2.05. The molecule has 0 heterocycles. The Morgan fingerprint density at radius 2 is 1.68 bits per heavy atom. The van der Waals surface area contributed by atoms with E-state index in [1.54, 1.807) is 30.3 Å². The molecule has 0 aromatic heterocycles. The fourth-order valence-corrected chi connectivity index (χ4v) is 2.05. The Kier molecular flexibility index (Phi) is 6.16. The van der Waals surface area contributed by atoms with E-state index in [2.05, 4.69) is 10.1 Å². The number of hydrogen-bond donors (Lipinski definition) is 1. The lowest BCUT2D eigenvalue weighted by Crippen LogP contribution is -2.19. The minimum Gasteiger partial charge on any atom is -0.484 e. The minimum absolute atomic E-state index is 0.00418. The van der Waals surface area contributed by atoms with Crippen LogP contribution < -0.4 is 10.1 Å². The van der Waals surface area contributed by atoms with Crippen molar-refractivity contribution in [1.29, 1.82) is 0 Å². The predicted octanol–water partition coefficient (Wildman–Crippen LogP) is 4.23. The summed E-state index contributed by atoms with van der Waals surface area (Å²) in [6.07, 6.45) is -4.42. The van der Waals surface area contributed by atoms with E-state index in [4.69, 9.17) is 0 Å². The lowest BCUT2D eigenvalue weighted by atomic mass is 10.1. The molecular formula is C18H16F3NO3. The van der Waals surface area contributed by atoms with E-state index < -0.39 is 18.7 Å². The van der Waals surface area contributed by atoms with Crippen molar-refractivity contribution in [2.45, 2.75) is 19.0 Å². The standard InChI is InChI=1S/C18H16F3NO3/c19-18(20,21)12-25-15-8-4-7-14(11-15)22-17(24)10-9-16(23)13-5-2-1-3-6-13/h1-8,11H,9-10,12H2,(H,22,24). The highest BCUT2D eigenvalue weighted by atomic mass is 19.4. The number of alkyl halides is 3. The highest BCUT2D eigenvalue weighted by Crippen LogP contribution is 2.21. The quantitative estimate of drug-likeness (QED) is 0.760. The van der Waals surface area contributed by atoms with Gasteiger partial charge in [-0.05, 0) is 12.1 Å². The first kappa shape index (κ1) is 18.5. The van der Waals surface area contributed by atoms with Crippen molar-refractivity contribution in [3.05, 3.63) is 60.2 Å². The average molecular weight is 351 g/mol. The summed E-state index contributed by atoms with van der Waals surface area (Å²) >= 11 is 0. The number of hydrogen-bond acceptors (Lipinski definition) is 3. The normalized spacial score (nSPS) is 11.0. The van der Waals surface area contributed by atoms with Crippen LogP contribution in [0.25, 0.3) is 0 Å². The number of benzene rings is 2. The first-order chi connectivity index (χ1) is 11.8. The van der Waals surface area contributed by atoms with Gasteiger partial charge in [0.1, 0.15) is 5.75 Å². The Morgan fingerprint density at radius 3 is 2.36 bits per heavy atom. The van der Waals surface area contributed by atoms with Crippen LogP contribution in [0.15, 0.2) is 54.6 Å². The third-order valence-electron chi connectivity index (χ3n) is 3.20. The fraction of sp³-hybridized carbons (Fsp3) is 0.222. The minimum atomic E-state index is -4.43. The van der Waals surface area contributed by atoms with Crippen molar-refractivity contribution >= 4 is 17.4 Å². The molecule has 2 aromatic rings. The Bertz CT molecular complexity index is 730. The van der Waals surface area contributed by atoms with Crippen molar-refractivity contribution in [2.24, 2.45) is 0 Å². The summed E-state index contributed by atoms with van der Waals surface area (Å²) in [7, 11) is 0. The van der Waals surface area contributed by atoms with Gasteiger partial charge < -0.3 is 10.1 Å². The number of ether oxygens (including phenoxy) is 1. The van der Waals surface area contributed by atoms with Crippen LogP contribution in [0.5, 0.6) is 5.75 Å². The van der Waals surface area contributed by atoms with Crippen LogP contribution in [-0.4, -0.2) is 24.5 Å². The van der Waals surface area contributed by atoms with Crippen LogP contribution >= 0.6 is 0 Å². The maximum atomic E-state index is 12.1. The molecule has 0 bridgehead atoms. The molecular weight excluding hydrogens is 335 g/mol. The van der Waals surface area contributed by atoms with E-state index in [-0.39, 0.29) is 24.4 Å². The number of nitrogens with one attached hydrogen (secondary N) is 1. The summed E-state index contributed by atoms with van der Waals surface area (Å²) in [5.41, 5.74) is 0.828. The predicted molar refractivity (Wildman–Crippen MR) is 86.6 cm³/mol. The number of carbonyl (C=O) groups excluding carboxylic acids is 2. The van der Waals surface area contributed by atoms with Crippen molar-refractivity contribution in [1.82, 2.24) is 0 Å². The Hall–Kier alpha value is -2.83. The van der Waals surface area contributed by atoms with Gasteiger partial charge in [0.2, 0.25) is 5.91 Å². The Balaban J connectivity index is 1.85. The maximum Gasteiger partial charge on any atom is 0.422 e. The topological polar surface area (TPSA) is 55.4 Å². The molecule has 0 spiro atoms. The second-order valence-corrected chi connectivity index (χ2v) is 5.27. The molecule has 7 heteroatoms. The van der Waals surface area contributed by atoms with Gasteiger partial charge in [-0.2, -0.15) is 13.2 Å². The SMILES string of the molecule is O=C(CCC(=O)c1ccccc1)Nc1cccc(OCC(F)(F)F)c1. The molecule has 0 fully saturated rings. The molecule has 4 nitrogen and oxygen atoms in total. The third kappa shape index (κ3) is 6.66. The molecule has 1 N–H and O–H groups in total. The first-order valence-electron chi connectivity index (χ1n) is 7.51. The van der Waals surface area contributed by atoms with Gasteiger partial charge in [-0.25, -0.2) is 0 Å². The van der Waals surface area contributed by atoms with Gasteiger partial charge in [-0.15, -0.1) is 0 Å². The molecule has 0 aliphatic heterocycles. The van der Waals surface area contributed by atoms with Gasteiger partial charge in [-0.1, -0.05) is 36.4 Å². The molecule has 0 aliphatic rings. The smallest absolute Gasteiger partial charge is 0.422 e. The second-order valence-electron chi connectivity index (χ2n) is 5.27. The monoisotopic (exact) mass is 351 g/mol. The molecule has 2 rings (SSSR count). The Morgan fingerprint density at radius 1 is 0.960 bits per heavy atom. The number of rotatable bonds is 7. The van der Waals surface area contributed by atoms with Crippen molar-refractivity contribution in [3.8, 4) is 5.75 Å². The van der Waals surface area contributed by atoms with Crippen LogP contribution in [0, 0.1) is 0 Å². The molecule has 0 saturated heterocycles. The second kappa shape index (κ2) is 8.32. The maximum absolute atomic E-state index is 12.1. The van der Waals surface area contributed by atoms with Gasteiger partial charge >= 0.3 is 6.18 Å². The van der Waals surface area contributed by atoms with Crippen LogP contribution in [0.1, 0.15) is 23.2 Å². The number of Topliss-reactive ketones (excluding diaryl/α,β-unsaturated/α-hetero) is 1. The van der Waals surface area contributed by atoms with Gasteiger partial charge in [0.25, 0.3) is 0 Å². The number of amides is 1. The van der Waals surface area contributed by atoms with Crippen LogP contribution in [0.4, 0.5) is 18.9 Å². The summed E-state index contributed by atoms with van der Waals surface area (Å²) in [4.78, 5) is 23.8. The molecule has 132 valence electrons. The van der Waals surface area contributed by atoms with Crippen LogP contribution in [0.3, 0.4) is 0 Å². The molecule has 2 aromatic carbocycles. The molecule has 25 heavy (non-hydrogen) atoms. The molecule has 0 saturated carbocycles. The zero-order valence-corrected chi connectivity index (χ0v) is 13.2. The average Bonchev–Trinajstić information content (AvgIpc) is 2.58. The van der Waals surface area contributed by atoms with Crippen molar-refractivity contribution in [3.63, 3.8) is 0 Å². The van der Waals surface area contributed by atoms with Gasteiger partial charge in [-0.3, -0.25) is 9.59 Å². The number of halogens is 3. The zero-order valence-electron chi connectivity index (χ0n) is 13.2. The van der Waals surface area contributed by atoms with Crippen molar-refractivity contribution in [2.75, 3.05) is 11.9 Å². The van der Waals surface area contributed by atoms with E-state index in [1.165, 1.54) is 24.3 Å². The Labute approximate surface area is 142 Å². The lowest BCUT2D eigenvalue weighted by Gasteiger charge is -2.11. The number of carbonyl (C=O) groups is 2. The van der Waals surface area contributed by atoms with Crippen LogP contribution in [0.2, 0.25) is 0 Å².